The van der Waals surface area contributed by atoms with Gasteiger partial charge in [0.1, 0.15) is 24.6 Å². The van der Waals surface area contributed by atoms with Crippen molar-refractivity contribution in [3.63, 3.8) is 0 Å². The van der Waals surface area contributed by atoms with Crippen LogP contribution in [0.5, 0.6) is 5.75 Å². The molecule has 1 saturated heterocycles. The topological polar surface area (TPSA) is 196 Å². The first kappa shape index (κ1) is 40.2. The molecule has 1 aliphatic carbocycles. The summed E-state index contributed by atoms with van der Waals surface area (Å²) in [5.41, 5.74) is 3.64. The molecule has 4 amide bonds. The van der Waals surface area contributed by atoms with E-state index in [1.54, 1.807) is 18.6 Å². The lowest BCUT2D eigenvalue weighted by molar-refractivity contribution is -0.136. The molecule has 16 heteroatoms. The van der Waals surface area contributed by atoms with Gasteiger partial charge in [-0.25, -0.2) is 4.39 Å². The molecule has 2 atom stereocenters. The zero-order valence-electron chi connectivity index (χ0n) is 31.7. The first-order chi connectivity index (χ1) is 28.1. The fraction of sp³-hybridized carbons (Fsp3) is 0.405. The molecule has 1 aromatic carbocycles. The Morgan fingerprint density at radius 3 is 2.62 bits per heavy atom. The van der Waals surface area contributed by atoms with Crippen LogP contribution in [0.3, 0.4) is 0 Å². The lowest BCUT2D eigenvalue weighted by atomic mass is 10.0. The molecule has 2 aliphatic heterocycles. The first-order valence-electron chi connectivity index (χ1n) is 19.4. The minimum atomic E-state index is -1.34. The predicted molar refractivity (Wildman–Crippen MR) is 206 cm³/mol. The molecule has 2 fully saturated rings. The average Bonchev–Trinajstić information content (AvgIpc) is 4.00. The monoisotopic (exact) mass is 794 g/mol. The number of pyridine rings is 3. The van der Waals surface area contributed by atoms with E-state index in [9.17, 15) is 33.2 Å². The highest BCUT2D eigenvalue weighted by molar-refractivity contribution is 6.24. The van der Waals surface area contributed by atoms with E-state index >= 15 is 0 Å². The van der Waals surface area contributed by atoms with Gasteiger partial charge in [0, 0.05) is 79.4 Å². The Kier molecular flexibility index (Phi) is 12.8. The second-order valence-corrected chi connectivity index (χ2v) is 14.5. The molecule has 0 bridgehead atoms. The number of aromatic nitrogens is 3. The number of alkyl halides is 1. The molecule has 0 spiro atoms. The third-order valence-electron chi connectivity index (χ3n) is 10.0. The number of anilines is 1. The van der Waals surface area contributed by atoms with Crippen LogP contribution in [0.2, 0.25) is 0 Å². The zero-order chi connectivity index (χ0) is 40.6. The lowest BCUT2D eigenvalue weighted by Gasteiger charge is -2.27. The Hall–Kier alpha value is -6.00. The molecule has 3 aromatic heterocycles. The van der Waals surface area contributed by atoms with Gasteiger partial charge in [-0.05, 0) is 68.5 Å². The predicted octanol–water partition coefficient (Wildman–Crippen LogP) is 4.35. The van der Waals surface area contributed by atoms with Crippen molar-refractivity contribution in [2.45, 2.75) is 76.0 Å². The van der Waals surface area contributed by atoms with Crippen LogP contribution in [-0.2, 0) is 30.3 Å². The van der Waals surface area contributed by atoms with Crippen LogP contribution in [0.4, 0.5) is 10.1 Å². The van der Waals surface area contributed by atoms with Crippen molar-refractivity contribution < 1.29 is 47.4 Å². The number of benzene rings is 1. The van der Waals surface area contributed by atoms with Crippen molar-refractivity contribution in [3.8, 4) is 5.75 Å². The van der Waals surface area contributed by atoms with Gasteiger partial charge < -0.3 is 19.5 Å². The normalized spacial score (nSPS) is 17.0. The van der Waals surface area contributed by atoms with E-state index in [0.29, 0.717) is 30.1 Å². The summed E-state index contributed by atoms with van der Waals surface area (Å²) in [5.74, 6) is -2.98. The van der Waals surface area contributed by atoms with E-state index < -0.39 is 35.8 Å². The highest BCUT2D eigenvalue weighted by Gasteiger charge is 2.46. The Morgan fingerprint density at radius 2 is 1.79 bits per heavy atom. The lowest BCUT2D eigenvalue weighted by Crippen LogP contribution is -2.54. The van der Waals surface area contributed by atoms with Crippen LogP contribution >= 0.6 is 0 Å². The highest BCUT2D eigenvalue weighted by atomic mass is 19.1. The Morgan fingerprint density at radius 1 is 0.948 bits per heavy atom. The quantitative estimate of drug-likeness (QED) is 0.0687. The summed E-state index contributed by atoms with van der Waals surface area (Å²) in [6.07, 6.45) is 6.76. The minimum Gasteiger partial charge on any atom is -0.485 e. The minimum absolute atomic E-state index is 0.000907. The number of halogens is 1. The highest BCUT2D eigenvalue weighted by Crippen LogP contribution is 2.34. The summed E-state index contributed by atoms with van der Waals surface area (Å²) in [6, 6.07) is 11.3. The number of rotatable bonds is 21. The number of hydrogen-bond acceptors (Lipinski definition) is 13. The van der Waals surface area contributed by atoms with Crippen LogP contribution in [0, 0.1) is 0 Å². The van der Waals surface area contributed by atoms with Gasteiger partial charge in [0.15, 0.2) is 11.6 Å². The number of hydrogen-bond donors (Lipinski definition) is 2. The molecular formula is C42H43FN6O9. The van der Waals surface area contributed by atoms with E-state index in [1.807, 2.05) is 24.3 Å². The van der Waals surface area contributed by atoms with Gasteiger partial charge in [-0.15, -0.1) is 0 Å². The molecule has 7 rings (SSSR count). The summed E-state index contributed by atoms with van der Waals surface area (Å²) >= 11 is 0. The van der Waals surface area contributed by atoms with Crippen LogP contribution < -0.4 is 15.4 Å². The smallest absolute Gasteiger partial charge is 0.266 e. The maximum Gasteiger partial charge on any atom is 0.266 e. The Bertz CT molecular complexity index is 2230. The molecule has 1 saturated carbocycles. The number of carbonyl (C=O) groups excluding carboxylic acids is 6. The van der Waals surface area contributed by atoms with Crippen molar-refractivity contribution >= 4 is 51.8 Å². The second kappa shape index (κ2) is 18.5. The summed E-state index contributed by atoms with van der Waals surface area (Å²) in [5, 5.41) is 6.53. The Balaban J connectivity index is 0.774. The van der Waals surface area contributed by atoms with Crippen molar-refractivity contribution in [2.75, 3.05) is 38.4 Å². The van der Waals surface area contributed by atoms with Gasteiger partial charge in [0.05, 0.1) is 42.0 Å². The van der Waals surface area contributed by atoms with Crippen LogP contribution in [0.25, 0.3) is 10.9 Å². The van der Waals surface area contributed by atoms with Gasteiger partial charge in [0.25, 0.3) is 11.8 Å². The zero-order valence-corrected chi connectivity index (χ0v) is 31.7. The molecule has 2 unspecified atom stereocenters. The van der Waals surface area contributed by atoms with Crippen LogP contribution in [0.15, 0.2) is 61.1 Å². The number of Topliss-reactive ketones (excluding diaryl/α,β-unsaturated/α-hetero) is 2. The van der Waals surface area contributed by atoms with Crippen molar-refractivity contribution in [2.24, 2.45) is 0 Å². The summed E-state index contributed by atoms with van der Waals surface area (Å²) in [6.45, 7) is 0.0393. The number of amides is 4. The SMILES string of the molecule is O=C(CCCOCCOCC(F)CCC(=O)c1cnc(Cc2ccc3cnccc3n2)cc1NC1CC1)COc1cccc2c1C(=O)N(C1CCC(=O)NC1=O)C2=O. The fourth-order valence-electron chi connectivity index (χ4n) is 6.82. The fourth-order valence-corrected chi connectivity index (χ4v) is 6.82. The molecular weight excluding hydrogens is 751 g/mol. The molecule has 2 N–H and O–H groups in total. The van der Waals surface area contributed by atoms with E-state index in [2.05, 4.69) is 20.6 Å². The number of ketones is 2. The van der Waals surface area contributed by atoms with Crippen molar-refractivity contribution in [3.05, 3.63) is 89.1 Å². The number of piperidine rings is 1. The van der Waals surface area contributed by atoms with Gasteiger partial charge in [0.2, 0.25) is 11.8 Å². The largest absolute Gasteiger partial charge is 0.485 e. The number of fused-ring (bicyclic) bond motifs is 2. The molecule has 5 heterocycles. The molecule has 15 nitrogen and oxygen atoms in total. The summed E-state index contributed by atoms with van der Waals surface area (Å²) < 4.78 is 31.3. The van der Waals surface area contributed by atoms with Crippen molar-refractivity contribution in [1.82, 2.24) is 25.2 Å². The standard InChI is InChI=1S/C42H43FN6O9/c43-26(7-12-36(51)32-22-45-29(20-34(32)46-27-9-10-27)19-28-8-6-25-21-44-15-14-33(25)47-28)23-57-18-17-56-16-2-3-30(50)24-58-37-5-1-4-31-39(37)42(55)49(41(31)54)35-11-13-38(52)48-40(35)53/h1,4-6,8,14-15,20-22,26-27,35H,2-3,7,9-13,16-19,23-24H2,(H,45,46)(H,48,52,53). The number of nitrogens with zero attached hydrogens (tertiary/aromatic N) is 4. The molecule has 0 radical (unpaired) electrons. The number of ether oxygens (including phenoxy) is 3. The van der Waals surface area contributed by atoms with Gasteiger partial charge in [-0.1, -0.05) is 6.07 Å². The van der Waals surface area contributed by atoms with Crippen LogP contribution in [0.1, 0.15) is 93.8 Å². The third-order valence-corrected chi connectivity index (χ3v) is 10.0. The Labute approximate surface area is 333 Å². The van der Waals surface area contributed by atoms with Gasteiger partial charge >= 0.3 is 0 Å². The van der Waals surface area contributed by atoms with E-state index in [1.165, 1.54) is 18.2 Å². The molecule has 3 aliphatic rings. The molecule has 4 aromatic rings. The summed E-state index contributed by atoms with van der Waals surface area (Å²) in [7, 11) is 0. The summed E-state index contributed by atoms with van der Waals surface area (Å²) in [4.78, 5) is 90.0. The first-order valence-corrected chi connectivity index (χ1v) is 19.4. The maximum absolute atomic E-state index is 14.7. The number of imide groups is 2. The van der Waals surface area contributed by atoms with E-state index in [-0.39, 0.29) is 93.6 Å². The van der Waals surface area contributed by atoms with E-state index in [0.717, 1.165) is 40.0 Å². The average molecular weight is 795 g/mol. The number of carbonyl (C=O) groups is 6. The molecule has 58 heavy (non-hydrogen) atoms. The van der Waals surface area contributed by atoms with Crippen molar-refractivity contribution in [1.29, 1.82) is 0 Å². The molecule has 302 valence electrons. The second-order valence-electron chi connectivity index (χ2n) is 14.5. The van der Waals surface area contributed by atoms with E-state index in [4.69, 9.17) is 19.2 Å². The number of nitrogens with one attached hydrogen (secondary N) is 2. The van der Waals surface area contributed by atoms with Crippen LogP contribution in [-0.4, -0.2) is 106 Å². The van der Waals surface area contributed by atoms with Gasteiger partial charge in [-0.3, -0.25) is 53.9 Å². The third kappa shape index (κ3) is 9.92. The van der Waals surface area contributed by atoms with Gasteiger partial charge in [-0.2, -0.15) is 0 Å². The maximum atomic E-state index is 14.7.